The van der Waals surface area contributed by atoms with Crippen molar-refractivity contribution >= 4 is 44.4 Å². The highest BCUT2D eigenvalue weighted by atomic mass is 32.2. The Bertz CT molecular complexity index is 1940. The molecule has 0 bridgehead atoms. The van der Waals surface area contributed by atoms with Gasteiger partial charge in [0, 0.05) is 12.8 Å². The highest BCUT2D eigenvalue weighted by molar-refractivity contribution is 7.91. The van der Waals surface area contributed by atoms with Crippen LogP contribution in [0.15, 0.2) is 36.4 Å². The van der Waals surface area contributed by atoms with E-state index >= 15 is 0 Å². The van der Waals surface area contributed by atoms with E-state index in [1.165, 1.54) is 12.0 Å². The van der Waals surface area contributed by atoms with Gasteiger partial charge in [-0.15, -0.1) is 10.2 Å². The molecule has 14 heteroatoms. The molecule has 2 aromatic rings. The average Bonchev–Trinajstić information content (AvgIpc) is 3.98. The Balaban J connectivity index is 1.35. The highest BCUT2D eigenvalue weighted by Crippen LogP contribution is 2.57. The normalized spacial score (nSPS) is 30.6. The molecule has 6 rings (SSSR count). The zero-order valence-electron chi connectivity index (χ0n) is 32.4. The first kappa shape index (κ1) is 39.6. The van der Waals surface area contributed by atoms with Gasteiger partial charge in [-0.1, -0.05) is 38.1 Å². The first-order chi connectivity index (χ1) is 25.4. The number of Topliss-reactive ketones (excluding diaryl/α,β-unsaturated/α-hetero) is 1. The van der Waals surface area contributed by atoms with Crippen LogP contribution in [-0.4, -0.2) is 83.2 Å². The molecule has 3 heterocycles. The van der Waals surface area contributed by atoms with Crippen LogP contribution >= 0.6 is 0 Å². The zero-order valence-corrected chi connectivity index (χ0v) is 33.2. The van der Waals surface area contributed by atoms with E-state index < -0.39 is 55.7 Å². The number of ether oxygens (including phenoxy) is 3. The Morgan fingerprint density at radius 2 is 1.70 bits per heavy atom. The summed E-state index contributed by atoms with van der Waals surface area (Å²) in [5, 5.41) is 9.78. The van der Waals surface area contributed by atoms with Gasteiger partial charge in [0.25, 0.3) is 0 Å². The summed E-state index contributed by atoms with van der Waals surface area (Å²) in [4.78, 5) is 58.2. The van der Waals surface area contributed by atoms with Gasteiger partial charge in [0.1, 0.15) is 11.7 Å². The third kappa shape index (κ3) is 8.28. The van der Waals surface area contributed by atoms with Gasteiger partial charge in [-0.25, -0.2) is 8.42 Å². The van der Waals surface area contributed by atoms with Crippen molar-refractivity contribution in [2.24, 2.45) is 29.1 Å². The number of methoxy groups -OCH3 is 1. The van der Waals surface area contributed by atoms with E-state index in [1.807, 2.05) is 43.3 Å². The number of esters is 1. The van der Waals surface area contributed by atoms with Crippen LogP contribution in [0.2, 0.25) is 0 Å². The largest absolute Gasteiger partial charge is 0.479 e. The van der Waals surface area contributed by atoms with Gasteiger partial charge >= 0.3 is 5.97 Å². The number of amides is 2. The maximum absolute atomic E-state index is 14.8. The Labute approximate surface area is 318 Å². The maximum Gasteiger partial charge on any atom is 0.307 e. The third-order valence-electron chi connectivity index (χ3n) is 11.7. The monoisotopic (exact) mass is 766 g/mol. The van der Waals surface area contributed by atoms with Crippen molar-refractivity contribution in [3.63, 3.8) is 0 Å². The van der Waals surface area contributed by atoms with Crippen molar-refractivity contribution < 1.29 is 41.8 Å². The molecular formula is C40H54N4O9S. The predicted molar refractivity (Wildman–Crippen MR) is 201 cm³/mol. The van der Waals surface area contributed by atoms with Gasteiger partial charge in [-0.2, -0.15) is 0 Å². The van der Waals surface area contributed by atoms with E-state index in [0.717, 1.165) is 6.42 Å². The van der Waals surface area contributed by atoms with Crippen molar-refractivity contribution in [1.29, 1.82) is 0 Å². The van der Waals surface area contributed by atoms with Crippen LogP contribution in [0.3, 0.4) is 0 Å². The standard InChI is InChI=1S/C40H54N4O9S/c1-24-12-8-9-13-26-21-40(26,37(48)43-54(49,50)39(6)16-17-39)22-32(45)31-19-27(52-35-29-15-11-10-14-28(29)34(51-7)41-42-35)23-44(31)36(47)30(25(2)18-24)20-33(46)53-38(3,4)5/h9-11,13-15,24-27,30-31H,8,12,16-23H2,1-7H3,(H,43,48)/b13-9-/t24-,25+,26+,27+,30-,31-,40+/m0/s1. The Kier molecular flexibility index (Phi) is 10.9. The summed E-state index contributed by atoms with van der Waals surface area (Å²) in [6.45, 7) is 11.0. The van der Waals surface area contributed by atoms with E-state index in [4.69, 9.17) is 14.2 Å². The molecule has 0 spiro atoms. The van der Waals surface area contributed by atoms with Gasteiger partial charge < -0.3 is 19.1 Å². The Morgan fingerprint density at radius 3 is 2.35 bits per heavy atom. The van der Waals surface area contributed by atoms with Crippen molar-refractivity contribution in [2.75, 3.05) is 13.7 Å². The molecule has 1 aromatic carbocycles. The van der Waals surface area contributed by atoms with Gasteiger partial charge in [-0.3, -0.25) is 23.9 Å². The number of nitrogens with one attached hydrogen (secondary N) is 1. The second-order valence-corrected chi connectivity index (χ2v) is 19.5. The molecule has 0 unspecified atom stereocenters. The number of nitrogens with zero attached hydrogens (tertiary/aromatic N) is 3. The lowest BCUT2D eigenvalue weighted by atomic mass is 9.82. The number of aromatic nitrogens is 2. The van der Waals surface area contributed by atoms with Crippen LogP contribution in [0.4, 0.5) is 0 Å². The minimum Gasteiger partial charge on any atom is -0.479 e. The fraction of sp³-hybridized carbons (Fsp3) is 0.650. The molecule has 2 saturated carbocycles. The summed E-state index contributed by atoms with van der Waals surface area (Å²) in [5.74, 6) is -2.51. The SMILES string of the molecule is COc1nnc(O[C@@H]2C[C@H]3C(=O)C[C@]4(C(=O)NS(=O)(=O)C5(C)CC5)C[C@H]4/C=C\CC[C@H](C)C[C@@H](C)[C@H](CC(=O)OC(C)(C)C)C(=O)N3C2)c2ccccc12. The molecule has 4 aliphatic rings. The Hall–Kier alpha value is -4.07. The van der Waals surface area contributed by atoms with E-state index in [1.54, 1.807) is 27.7 Å². The molecule has 3 fully saturated rings. The lowest BCUT2D eigenvalue weighted by Gasteiger charge is -2.32. The summed E-state index contributed by atoms with van der Waals surface area (Å²) in [7, 11) is -2.45. The first-order valence-corrected chi connectivity index (χ1v) is 20.6. The van der Waals surface area contributed by atoms with E-state index in [9.17, 15) is 27.6 Å². The minimum absolute atomic E-state index is 0.0274. The summed E-state index contributed by atoms with van der Waals surface area (Å²) in [5.41, 5.74) is -2.03. The summed E-state index contributed by atoms with van der Waals surface area (Å²) in [6, 6.07) is 6.34. The predicted octanol–water partition coefficient (Wildman–Crippen LogP) is 5.31. The van der Waals surface area contributed by atoms with Gasteiger partial charge in [0.15, 0.2) is 5.78 Å². The van der Waals surface area contributed by atoms with E-state index in [0.29, 0.717) is 48.8 Å². The smallest absolute Gasteiger partial charge is 0.307 e. The molecule has 1 N–H and O–H groups in total. The lowest BCUT2D eigenvalue weighted by molar-refractivity contribution is -0.160. The van der Waals surface area contributed by atoms with Crippen LogP contribution in [0, 0.1) is 29.1 Å². The number of carbonyl (C=O) groups is 4. The fourth-order valence-corrected chi connectivity index (χ4v) is 9.43. The molecule has 54 heavy (non-hydrogen) atoms. The molecule has 0 radical (unpaired) electrons. The van der Waals surface area contributed by atoms with Crippen LogP contribution in [0.5, 0.6) is 11.8 Å². The van der Waals surface area contributed by atoms with E-state index in [-0.39, 0.29) is 61.1 Å². The number of carbonyl (C=O) groups excluding carboxylic acids is 4. The van der Waals surface area contributed by atoms with Crippen LogP contribution in [-0.2, 0) is 33.9 Å². The molecule has 7 atom stereocenters. The molecule has 2 aliphatic heterocycles. The van der Waals surface area contributed by atoms with Crippen molar-refractivity contribution in [3.05, 3.63) is 36.4 Å². The molecule has 1 saturated heterocycles. The first-order valence-electron chi connectivity index (χ1n) is 19.1. The maximum atomic E-state index is 14.8. The average molecular weight is 767 g/mol. The summed E-state index contributed by atoms with van der Waals surface area (Å²) in [6.07, 6.45) is 6.38. The number of hydrogen-bond acceptors (Lipinski definition) is 11. The van der Waals surface area contributed by atoms with E-state index in [2.05, 4.69) is 21.8 Å². The summed E-state index contributed by atoms with van der Waals surface area (Å²) >= 11 is 0. The highest BCUT2D eigenvalue weighted by Gasteiger charge is 2.62. The number of allylic oxidation sites excluding steroid dienone is 2. The third-order valence-corrected chi connectivity index (χ3v) is 13.9. The zero-order chi connectivity index (χ0) is 39.2. The molecule has 2 amide bonds. The number of hydrogen-bond donors (Lipinski definition) is 1. The number of ketones is 1. The fourth-order valence-electron chi connectivity index (χ4n) is 8.10. The van der Waals surface area contributed by atoms with Crippen molar-refractivity contribution in [2.45, 2.75) is 122 Å². The topological polar surface area (TPSA) is 171 Å². The number of benzene rings is 1. The molecular weight excluding hydrogens is 713 g/mol. The molecule has 2 aliphatic carbocycles. The van der Waals surface area contributed by atoms with Gasteiger partial charge in [-0.05, 0) is 96.1 Å². The number of fused-ring (bicyclic) bond motifs is 3. The molecule has 294 valence electrons. The number of rotatable bonds is 8. The molecule has 13 nitrogen and oxygen atoms in total. The molecule has 1 aromatic heterocycles. The van der Waals surface area contributed by atoms with Crippen LogP contribution < -0.4 is 14.2 Å². The van der Waals surface area contributed by atoms with Gasteiger partial charge in [0.05, 0.1) is 53.0 Å². The number of sulfonamides is 1. The van der Waals surface area contributed by atoms with Crippen molar-refractivity contribution in [1.82, 2.24) is 19.8 Å². The van der Waals surface area contributed by atoms with Gasteiger partial charge in [0.2, 0.25) is 33.6 Å². The summed E-state index contributed by atoms with van der Waals surface area (Å²) < 4.78 is 45.3. The Morgan fingerprint density at radius 1 is 1.04 bits per heavy atom. The second kappa shape index (κ2) is 14.9. The lowest BCUT2D eigenvalue weighted by Crippen LogP contribution is -2.48. The van der Waals surface area contributed by atoms with Crippen LogP contribution in [0.1, 0.15) is 99.3 Å². The quantitative estimate of drug-likeness (QED) is 0.273. The minimum atomic E-state index is -3.95. The van der Waals surface area contributed by atoms with Crippen molar-refractivity contribution in [3.8, 4) is 11.8 Å². The van der Waals surface area contributed by atoms with Crippen LogP contribution in [0.25, 0.3) is 10.8 Å². The second-order valence-electron chi connectivity index (χ2n) is 17.3.